The molecule has 0 bridgehead atoms. The zero-order valence-electron chi connectivity index (χ0n) is 15.9. The molecule has 0 radical (unpaired) electrons. The van der Waals surface area contributed by atoms with Gasteiger partial charge in [0.05, 0.1) is 11.5 Å². The number of hydrogen-bond donors (Lipinski definition) is 4. The molecule has 3 atom stereocenters. The first-order valence-electron chi connectivity index (χ1n) is 9.47. The number of phenols is 1. The average Bonchev–Trinajstić information content (AvgIpc) is 2.66. The molecule has 7 nitrogen and oxygen atoms in total. The molecule has 0 fully saturated rings. The summed E-state index contributed by atoms with van der Waals surface area (Å²) in [5.41, 5.74) is 6.13. The van der Waals surface area contributed by atoms with Crippen LogP contribution in [0.5, 0.6) is 5.75 Å². The molecule has 1 aromatic rings. The second kappa shape index (κ2) is 6.92. The van der Waals surface area contributed by atoms with E-state index in [4.69, 9.17) is 12.2 Å². The lowest BCUT2D eigenvalue weighted by atomic mass is 9.62. The Morgan fingerprint density at radius 1 is 1.20 bits per heavy atom. The Kier molecular flexibility index (Phi) is 4.50. The summed E-state index contributed by atoms with van der Waals surface area (Å²) >= 11 is 0. The van der Waals surface area contributed by atoms with E-state index < -0.39 is 46.6 Å². The van der Waals surface area contributed by atoms with Crippen molar-refractivity contribution < 1.29 is 29.7 Å². The van der Waals surface area contributed by atoms with Gasteiger partial charge in [0.15, 0.2) is 11.6 Å². The lowest BCUT2D eigenvalue weighted by Crippen LogP contribution is -2.43. The van der Waals surface area contributed by atoms with E-state index in [0.29, 0.717) is 24.0 Å². The minimum atomic E-state index is -1.12. The molecule has 30 heavy (non-hydrogen) atoms. The predicted molar refractivity (Wildman–Crippen MR) is 107 cm³/mol. The van der Waals surface area contributed by atoms with Crippen molar-refractivity contribution in [1.29, 1.82) is 0 Å². The van der Waals surface area contributed by atoms with Crippen LogP contribution in [0.4, 0.5) is 0 Å². The normalized spacial score (nSPS) is 25.6. The maximum Gasteiger partial charge on any atom is 0.255 e. The lowest BCUT2D eigenvalue weighted by molar-refractivity contribution is -0.126. The molecule has 0 spiro atoms. The number of terminal acetylenes is 1. The van der Waals surface area contributed by atoms with Crippen LogP contribution in [0.25, 0.3) is 6.08 Å². The van der Waals surface area contributed by atoms with Crippen molar-refractivity contribution in [3.8, 4) is 18.1 Å². The van der Waals surface area contributed by atoms with Gasteiger partial charge in [-0.15, -0.1) is 6.42 Å². The van der Waals surface area contributed by atoms with Crippen molar-refractivity contribution in [1.82, 2.24) is 0 Å². The van der Waals surface area contributed by atoms with Gasteiger partial charge in [-0.1, -0.05) is 12.0 Å². The van der Waals surface area contributed by atoms with Gasteiger partial charge in [-0.05, 0) is 54.0 Å². The van der Waals surface area contributed by atoms with Gasteiger partial charge in [0.1, 0.15) is 22.8 Å². The van der Waals surface area contributed by atoms with E-state index in [9.17, 15) is 29.7 Å². The fraction of sp³-hybridized carbons (Fsp3) is 0.261. The first-order valence-corrected chi connectivity index (χ1v) is 9.47. The number of hydrogen-bond acceptors (Lipinski definition) is 6. The molecule has 0 saturated heterocycles. The zero-order chi connectivity index (χ0) is 21.7. The van der Waals surface area contributed by atoms with Crippen molar-refractivity contribution in [2.75, 3.05) is 0 Å². The van der Waals surface area contributed by atoms with Crippen molar-refractivity contribution in [3.05, 3.63) is 57.6 Å². The Bertz CT molecular complexity index is 1150. The van der Waals surface area contributed by atoms with E-state index >= 15 is 0 Å². The van der Waals surface area contributed by atoms with Gasteiger partial charge in [0, 0.05) is 12.0 Å². The Morgan fingerprint density at radius 2 is 1.93 bits per heavy atom. The average molecular weight is 405 g/mol. The van der Waals surface area contributed by atoms with Gasteiger partial charge in [0.2, 0.25) is 0 Å². The molecule has 0 saturated carbocycles. The molecule has 3 unspecified atom stereocenters. The standard InChI is InChI=1S/C23H19NO6/c1-2-3-4-10-5-6-14(25)18-13(10)8-11-7-12-9-15(26)19(23(24)30)22(29)17(12)20(27)16(11)21(18)28/h1,3-6,11-12,17,25-27H,7-9H2,(H2,24,30). The maximum atomic E-state index is 13.3. The zero-order valence-corrected chi connectivity index (χ0v) is 15.9. The van der Waals surface area contributed by atoms with Gasteiger partial charge in [-0.3, -0.25) is 14.4 Å². The van der Waals surface area contributed by atoms with Crippen LogP contribution in [-0.2, 0) is 16.0 Å². The van der Waals surface area contributed by atoms with E-state index in [1.807, 2.05) is 0 Å². The van der Waals surface area contributed by atoms with Crippen molar-refractivity contribution >= 4 is 23.5 Å². The Hall–Kier alpha value is -3.79. The summed E-state index contributed by atoms with van der Waals surface area (Å²) in [4.78, 5) is 37.7. The van der Waals surface area contributed by atoms with Crippen LogP contribution >= 0.6 is 0 Å². The Morgan fingerprint density at radius 3 is 2.60 bits per heavy atom. The number of carbonyl (C=O) groups is 3. The molecular formula is C23H19NO6. The largest absolute Gasteiger partial charge is 0.511 e. The van der Waals surface area contributed by atoms with Crippen molar-refractivity contribution in [3.63, 3.8) is 0 Å². The first-order chi connectivity index (χ1) is 14.3. The van der Waals surface area contributed by atoms with Crippen LogP contribution in [0.15, 0.2) is 40.9 Å². The maximum absolute atomic E-state index is 13.3. The molecule has 1 amide bonds. The number of aromatic hydroxyl groups is 1. The van der Waals surface area contributed by atoms with Crippen LogP contribution in [-0.4, -0.2) is 32.8 Å². The summed E-state index contributed by atoms with van der Waals surface area (Å²) in [7, 11) is 0. The van der Waals surface area contributed by atoms with E-state index in [0.717, 1.165) is 0 Å². The van der Waals surface area contributed by atoms with Crippen molar-refractivity contribution in [2.24, 2.45) is 23.5 Å². The Balaban J connectivity index is 1.86. The van der Waals surface area contributed by atoms with Crippen molar-refractivity contribution in [2.45, 2.75) is 19.3 Å². The SMILES string of the molecule is C#CC=Cc1ccc(O)c2c1CC1CC3CC(O)=C(C(N)=O)C(=O)C3C(O)=C1C2=O. The van der Waals surface area contributed by atoms with Crippen LogP contribution < -0.4 is 5.73 Å². The molecule has 0 heterocycles. The van der Waals surface area contributed by atoms with Crippen LogP contribution in [0.3, 0.4) is 0 Å². The minimum Gasteiger partial charge on any atom is -0.511 e. The summed E-state index contributed by atoms with van der Waals surface area (Å²) in [5.74, 6) is -3.03. The molecular weight excluding hydrogens is 386 g/mol. The van der Waals surface area contributed by atoms with Gasteiger partial charge in [0.25, 0.3) is 5.91 Å². The van der Waals surface area contributed by atoms with Crippen LogP contribution in [0.2, 0.25) is 0 Å². The second-order valence-corrected chi connectivity index (χ2v) is 7.78. The molecule has 152 valence electrons. The van der Waals surface area contributed by atoms with Crippen LogP contribution in [0, 0.1) is 30.1 Å². The molecule has 3 aliphatic rings. The highest BCUT2D eigenvalue weighted by Gasteiger charge is 2.50. The number of rotatable bonds is 2. The smallest absolute Gasteiger partial charge is 0.255 e. The number of nitrogens with two attached hydrogens (primary N) is 1. The third-order valence-corrected chi connectivity index (χ3v) is 6.17. The van der Waals surface area contributed by atoms with Gasteiger partial charge >= 0.3 is 0 Å². The third-order valence-electron chi connectivity index (χ3n) is 6.17. The van der Waals surface area contributed by atoms with Gasteiger partial charge in [-0.25, -0.2) is 0 Å². The third kappa shape index (κ3) is 2.72. The topological polar surface area (TPSA) is 138 Å². The molecule has 7 heteroatoms. The number of amides is 1. The summed E-state index contributed by atoms with van der Waals surface area (Å²) in [5, 5.41) is 31.4. The number of primary amides is 1. The predicted octanol–water partition coefficient (Wildman–Crippen LogP) is 2.11. The highest BCUT2D eigenvalue weighted by molar-refractivity contribution is 6.22. The molecule has 0 aromatic heterocycles. The fourth-order valence-corrected chi connectivity index (χ4v) is 4.96. The number of benzene rings is 1. The molecule has 5 N–H and O–H groups in total. The number of aliphatic hydroxyl groups excluding tert-OH is 2. The number of aliphatic hydroxyl groups is 2. The first kappa shape index (κ1) is 19.5. The number of phenolic OH excluding ortho intramolecular Hbond substituents is 1. The number of ketones is 2. The molecule has 3 aliphatic carbocycles. The number of allylic oxidation sites excluding steroid dienone is 4. The second-order valence-electron chi connectivity index (χ2n) is 7.78. The minimum absolute atomic E-state index is 0.00740. The quantitative estimate of drug-likeness (QED) is 0.439. The molecule has 0 aliphatic heterocycles. The summed E-state index contributed by atoms with van der Waals surface area (Å²) in [6.45, 7) is 0. The molecule has 1 aromatic carbocycles. The van der Waals surface area contributed by atoms with Crippen LogP contribution in [0.1, 0.15) is 34.3 Å². The van der Waals surface area contributed by atoms with E-state index in [1.165, 1.54) is 12.1 Å². The summed E-state index contributed by atoms with van der Waals surface area (Å²) in [6, 6.07) is 3.04. The lowest BCUT2D eigenvalue weighted by Gasteiger charge is -2.41. The van der Waals surface area contributed by atoms with Gasteiger partial charge in [-0.2, -0.15) is 0 Å². The molecule has 4 rings (SSSR count). The Labute approximate surface area is 172 Å². The van der Waals surface area contributed by atoms with E-state index in [1.54, 1.807) is 12.1 Å². The number of fused-ring (bicyclic) bond motifs is 3. The van der Waals surface area contributed by atoms with E-state index in [-0.39, 0.29) is 29.1 Å². The van der Waals surface area contributed by atoms with Gasteiger partial charge < -0.3 is 21.1 Å². The summed E-state index contributed by atoms with van der Waals surface area (Å²) < 4.78 is 0. The summed E-state index contributed by atoms with van der Waals surface area (Å²) in [6.07, 6.45) is 9.15. The monoisotopic (exact) mass is 405 g/mol. The van der Waals surface area contributed by atoms with E-state index in [2.05, 4.69) is 5.92 Å². The highest BCUT2D eigenvalue weighted by Crippen LogP contribution is 2.49. The highest BCUT2D eigenvalue weighted by atomic mass is 16.3. The number of carbonyl (C=O) groups excluding carboxylic acids is 3. The fourth-order valence-electron chi connectivity index (χ4n) is 4.96. The number of Topliss-reactive ketones (excluding diaryl/α,β-unsaturated/α-hetero) is 2.